The van der Waals surface area contributed by atoms with Crippen molar-refractivity contribution in [1.82, 2.24) is 0 Å². The lowest BCUT2D eigenvalue weighted by molar-refractivity contribution is 0.936. The summed E-state index contributed by atoms with van der Waals surface area (Å²) in [4.78, 5) is 3.55. The zero-order valence-electron chi connectivity index (χ0n) is 5.01. The minimum atomic E-state index is 0.224. The highest BCUT2D eigenvalue weighted by Crippen LogP contribution is 2.08. The highest BCUT2D eigenvalue weighted by molar-refractivity contribution is 7.94. The van der Waals surface area contributed by atoms with E-state index in [0.717, 1.165) is 0 Å². The zero-order chi connectivity index (χ0) is 7.11. The molecular formula is C6H8FNS. The van der Waals surface area contributed by atoms with Crippen LogP contribution in [-0.2, 0) is 0 Å². The number of hydrogen-bond acceptors (Lipinski definition) is 2. The standard InChI is InChI=1S/C6H8FNS/c1-3-4-6(8-2)5-9-7/h3-4H,1-2,5H2/b6-4-. The highest BCUT2D eigenvalue weighted by Gasteiger charge is 1.89. The van der Waals surface area contributed by atoms with Gasteiger partial charge in [-0.2, -0.15) is 3.89 Å². The Kier molecular flexibility index (Phi) is 5.21. The topological polar surface area (TPSA) is 12.4 Å². The smallest absolute Gasteiger partial charge is 0.0674 e. The molecule has 0 amide bonds. The summed E-state index contributed by atoms with van der Waals surface area (Å²) in [6.45, 7) is 6.69. The number of aliphatic imine (C=N–C) groups is 1. The molecule has 0 unspecified atom stereocenters. The van der Waals surface area contributed by atoms with Gasteiger partial charge >= 0.3 is 0 Å². The van der Waals surface area contributed by atoms with Gasteiger partial charge < -0.3 is 0 Å². The van der Waals surface area contributed by atoms with Crippen molar-refractivity contribution in [3.05, 3.63) is 24.4 Å². The molecule has 0 aliphatic carbocycles. The van der Waals surface area contributed by atoms with Crippen LogP contribution in [0.5, 0.6) is 0 Å². The van der Waals surface area contributed by atoms with Crippen LogP contribution in [0.4, 0.5) is 3.89 Å². The first-order chi connectivity index (χ1) is 4.35. The van der Waals surface area contributed by atoms with Crippen LogP contribution in [0, 0.1) is 0 Å². The van der Waals surface area contributed by atoms with Gasteiger partial charge in [0.1, 0.15) is 0 Å². The molecular weight excluding hydrogens is 137 g/mol. The fourth-order valence-electron chi connectivity index (χ4n) is 0.338. The van der Waals surface area contributed by atoms with E-state index in [1.54, 1.807) is 12.2 Å². The molecule has 0 spiro atoms. The van der Waals surface area contributed by atoms with Gasteiger partial charge in [-0.3, -0.25) is 4.99 Å². The van der Waals surface area contributed by atoms with E-state index in [1.807, 2.05) is 0 Å². The first-order valence-electron chi connectivity index (χ1n) is 2.37. The lowest BCUT2D eigenvalue weighted by Crippen LogP contribution is -1.77. The Bertz CT molecular complexity index is 131. The average molecular weight is 145 g/mol. The molecule has 0 aromatic carbocycles. The van der Waals surface area contributed by atoms with Crippen molar-refractivity contribution < 1.29 is 3.89 Å². The van der Waals surface area contributed by atoms with E-state index >= 15 is 0 Å². The Morgan fingerprint density at radius 3 is 2.78 bits per heavy atom. The summed E-state index contributed by atoms with van der Waals surface area (Å²) >= 11 is 0.224. The van der Waals surface area contributed by atoms with Gasteiger partial charge in [0.25, 0.3) is 0 Å². The maximum atomic E-state index is 11.5. The predicted octanol–water partition coefficient (Wildman–Crippen LogP) is 2.37. The van der Waals surface area contributed by atoms with Crippen molar-refractivity contribution >= 4 is 18.9 Å². The first kappa shape index (κ1) is 8.43. The summed E-state index contributed by atoms with van der Waals surface area (Å²) in [5, 5.41) is 0. The molecule has 9 heavy (non-hydrogen) atoms. The Labute approximate surface area is 58.7 Å². The molecule has 0 atom stereocenters. The molecule has 0 saturated carbocycles. The molecule has 0 fully saturated rings. The number of halogens is 1. The van der Waals surface area contributed by atoms with Crippen molar-refractivity contribution in [2.75, 3.05) is 5.75 Å². The largest absolute Gasteiger partial charge is 0.268 e. The summed E-state index contributed by atoms with van der Waals surface area (Å²) in [7, 11) is 0. The second-order valence-corrected chi connectivity index (χ2v) is 1.81. The predicted molar refractivity (Wildman–Crippen MR) is 41.4 cm³/mol. The van der Waals surface area contributed by atoms with E-state index in [-0.39, 0.29) is 17.9 Å². The number of rotatable bonds is 4. The molecule has 0 aliphatic rings. The molecule has 0 saturated heterocycles. The van der Waals surface area contributed by atoms with Crippen molar-refractivity contribution in [2.45, 2.75) is 0 Å². The van der Waals surface area contributed by atoms with Gasteiger partial charge in [0.2, 0.25) is 0 Å². The summed E-state index contributed by atoms with van der Waals surface area (Å²) in [6, 6.07) is 0. The van der Waals surface area contributed by atoms with Crippen LogP contribution in [0.2, 0.25) is 0 Å². The van der Waals surface area contributed by atoms with Crippen LogP contribution in [0.1, 0.15) is 0 Å². The van der Waals surface area contributed by atoms with Crippen molar-refractivity contribution in [3.63, 3.8) is 0 Å². The third kappa shape index (κ3) is 3.97. The van der Waals surface area contributed by atoms with E-state index < -0.39 is 0 Å². The second kappa shape index (κ2) is 5.56. The Hall–Kier alpha value is -0.570. The molecule has 0 bridgehead atoms. The monoisotopic (exact) mass is 145 g/mol. The molecule has 3 heteroatoms. The van der Waals surface area contributed by atoms with Crippen LogP contribution >= 0.6 is 12.1 Å². The van der Waals surface area contributed by atoms with Gasteiger partial charge in [-0.25, -0.2) is 0 Å². The molecule has 50 valence electrons. The minimum absolute atomic E-state index is 0.224. The van der Waals surface area contributed by atoms with Crippen molar-refractivity contribution in [1.29, 1.82) is 0 Å². The fourth-order valence-corrected chi connectivity index (χ4v) is 0.638. The quantitative estimate of drug-likeness (QED) is 0.437. The van der Waals surface area contributed by atoms with Gasteiger partial charge in [0.15, 0.2) is 0 Å². The van der Waals surface area contributed by atoms with Gasteiger partial charge in [-0.05, 0) is 12.8 Å². The molecule has 0 aromatic heterocycles. The Morgan fingerprint density at radius 1 is 1.78 bits per heavy atom. The highest BCUT2D eigenvalue weighted by atomic mass is 32.2. The molecule has 0 radical (unpaired) electrons. The maximum absolute atomic E-state index is 11.5. The molecule has 0 rings (SSSR count). The van der Waals surface area contributed by atoms with Gasteiger partial charge in [0.05, 0.1) is 23.6 Å². The SMILES string of the molecule is C=C/C=C(/CSF)N=C. The van der Waals surface area contributed by atoms with Crippen LogP contribution in [0.25, 0.3) is 0 Å². The van der Waals surface area contributed by atoms with E-state index in [0.29, 0.717) is 5.70 Å². The number of allylic oxidation sites excluding steroid dienone is 2. The summed E-state index contributed by atoms with van der Waals surface area (Å²) in [5.74, 6) is 0.246. The zero-order valence-corrected chi connectivity index (χ0v) is 5.83. The Morgan fingerprint density at radius 2 is 2.44 bits per heavy atom. The van der Waals surface area contributed by atoms with Gasteiger partial charge in [0, 0.05) is 0 Å². The average Bonchev–Trinajstić information content (AvgIpc) is 1.88. The van der Waals surface area contributed by atoms with Crippen molar-refractivity contribution in [3.8, 4) is 0 Å². The maximum Gasteiger partial charge on any atom is 0.0674 e. The van der Waals surface area contributed by atoms with Crippen LogP contribution < -0.4 is 0 Å². The van der Waals surface area contributed by atoms with Crippen LogP contribution in [0.15, 0.2) is 29.4 Å². The molecule has 0 aliphatic heterocycles. The first-order valence-corrected chi connectivity index (χ1v) is 3.25. The van der Waals surface area contributed by atoms with Gasteiger partial charge in [-0.1, -0.05) is 12.7 Å². The normalized spacial score (nSPS) is 11.0. The lowest BCUT2D eigenvalue weighted by atomic mass is 10.4. The number of hydrogen-bond donors (Lipinski definition) is 0. The van der Waals surface area contributed by atoms with E-state index in [4.69, 9.17) is 0 Å². The fraction of sp³-hybridized carbons (Fsp3) is 0.167. The van der Waals surface area contributed by atoms with Gasteiger partial charge in [-0.15, -0.1) is 0 Å². The van der Waals surface area contributed by atoms with Crippen LogP contribution in [0.3, 0.4) is 0 Å². The molecule has 0 heterocycles. The van der Waals surface area contributed by atoms with Crippen molar-refractivity contribution in [2.24, 2.45) is 4.99 Å². The summed E-state index contributed by atoms with van der Waals surface area (Å²) in [6.07, 6.45) is 3.18. The Balaban J connectivity index is 3.80. The third-order valence-corrected chi connectivity index (χ3v) is 1.12. The third-order valence-electron chi connectivity index (χ3n) is 0.716. The van der Waals surface area contributed by atoms with E-state index in [2.05, 4.69) is 18.3 Å². The van der Waals surface area contributed by atoms with Crippen LogP contribution in [-0.4, -0.2) is 12.5 Å². The van der Waals surface area contributed by atoms with E-state index in [1.165, 1.54) is 0 Å². The lowest BCUT2D eigenvalue weighted by Gasteiger charge is -1.90. The molecule has 1 nitrogen and oxygen atoms in total. The summed E-state index contributed by atoms with van der Waals surface area (Å²) < 4.78 is 11.5. The minimum Gasteiger partial charge on any atom is -0.268 e. The second-order valence-electron chi connectivity index (χ2n) is 1.31. The number of nitrogens with zero attached hydrogens (tertiary/aromatic N) is 1. The van der Waals surface area contributed by atoms with E-state index in [9.17, 15) is 3.89 Å². The molecule has 0 N–H and O–H groups in total. The molecule has 0 aromatic rings. The summed E-state index contributed by atoms with van der Waals surface area (Å²) in [5.41, 5.74) is 0.609.